The highest BCUT2D eigenvalue weighted by Gasteiger charge is 2.23. The van der Waals surface area contributed by atoms with Gasteiger partial charge in [0.2, 0.25) is 0 Å². The van der Waals surface area contributed by atoms with Crippen LogP contribution in [0, 0.1) is 6.92 Å². The summed E-state index contributed by atoms with van der Waals surface area (Å²) in [5.41, 5.74) is 2.60. The highest BCUT2D eigenvalue weighted by atomic mass is 35.5. The minimum absolute atomic E-state index is 0.117. The summed E-state index contributed by atoms with van der Waals surface area (Å²) >= 11 is 7.87. The Morgan fingerprint density at radius 3 is 2.90 bits per heavy atom. The lowest BCUT2D eigenvalue weighted by Gasteiger charge is -2.29. The number of nitrogens with one attached hydrogen (secondary N) is 1. The number of rotatable bonds is 1. The summed E-state index contributed by atoms with van der Waals surface area (Å²) in [5.74, 6) is 0.902. The van der Waals surface area contributed by atoms with E-state index in [1.807, 2.05) is 49.4 Å². The molecule has 2 aromatic carbocycles. The predicted molar refractivity (Wildman–Crippen MR) is 89.7 cm³/mol. The standard InChI is InChI=1S/C16H15ClN2OS/c1-11-12(17)5-4-6-13(11)18-16(20)19-9-10-21-15-8-3-2-7-14(15)19/h2-8H,9-10H2,1H3,(H,18,20). The molecule has 0 fully saturated rings. The van der Waals surface area contributed by atoms with Gasteiger partial charge in [-0.3, -0.25) is 4.90 Å². The Labute approximate surface area is 133 Å². The summed E-state index contributed by atoms with van der Waals surface area (Å²) in [7, 11) is 0. The average Bonchev–Trinajstić information content (AvgIpc) is 2.51. The highest BCUT2D eigenvalue weighted by Crippen LogP contribution is 2.34. The summed E-state index contributed by atoms with van der Waals surface area (Å²) in [6.07, 6.45) is 0. The fourth-order valence-corrected chi connectivity index (χ4v) is 3.48. The third-order valence-electron chi connectivity index (χ3n) is 3.48. The molecule has 0 radical (unpaired) electrons. The van der Waals surface area contributed by atoms with Crippen molar-refractivity contribution in [3.8, 4) is 0 Å². The maximum atomic E-state index is 12.6. The number of hydrogen-bond acceptors (Lipinski definition) is 2. The number of amides is 2. The Balaban J connectivity index is 1.85. The molecular formula is C16H15ClN2OS. The third-order valence-corrected chi connectivity index (χ3v) is 4.94. The summed E-state index contributed by atoms with van der Waals surface area (Å²) < 4.78 is 0. The van der Waals surface area contributed by atoms with E-state index in [2.05, 4.69) is 5.32 Å². The van der Waals surface area contributed by atoms with Gasteiger partial charge in [0.1, 0.15) is 0 Å². The first-order valence-corrected chi connectivity index (χ1v) is 8.08. The second kappa shape index (κ2) is 6.00. The monoisotopic (exact) mass is 318 g/mol. The largest absolute Gasteiger partial charge is 0.326 e. The lowest BCUT2D eigenvalue weighted by atomic mass is 10.2. The van der Waals surface area contributed by atoms with Crippen LogP contribution >= 0.6 is 23.4 Å². The molecule has 1 N–H and O–H groups in total. The van der Waals surface area contributed by atoms with Crippen molar-refractivity contribution in [3.63, 3.8) is 0 Å². The number of carbonyl (C=O) groups is 1. The molecule has 21 heavy (non-hydrogen) atoms. The number of anilines is 2. The molecule has 0 saturated heterocycles. The Hall–Kier alpha value is -1.65. The van der Waals surface area contributed by atoms with E-state index in [1.54, 1.807) is 16.7 Å². The first kappa shape index (κ1) is 14.3. The van der Waals surface area contributed by atoms with Crippen LogP contribution in [-0.4, -0.2) is 18.3 Å². The molecular weight excluding hydrogens is 304 g/mol. The van der Waals surface area contributed by atoms with Crippen LogP contribution in [0.3, 0.4) is 0 Å². The zero-order valence-corrected chi connectivity index (χ0v) is 13.2. The predicted octanol–water partition coefficient (Wildman–Crippen LogP) is 4.79. The Bertz CT molecular complexity index is 690. The summed E-state index contributed by atoms with van der Waals surface area (Å²) in [6.45, 7) is 2.60. The zero-order chi connectivity index (χ0) is 14.8. The van der Waals surface area contributed by atoms with Crippen molar-refractivity contribution in [3.05, 3.63) is 53.1 Å². The van der Waals surface area contributed by atoms with Crippen LogP contribution in [0.5, 0.6) is 0 Å². The van der Waals surface area contributed by atoms with Gasteiger partial charge in [-0.25, -0.2) is 4.79 Å². The molecule has 0 saturated carbocycles. The molecule has 2 aromatic rings. The second-order valence-corrected chi connectivity index (χ2v) is 6.35. The van der Waals surface area contributed by atoms with Gasteiger partial charge in [-0.15, -0.1) is 11.8 Å². The van der Waals surface area contributed by atoms with Crippen molar-refractivity contribution < 1.29 is 4.79 Å². The number of carbonyl (C=O) groups excluding carboxylic acids is 1. The molecule has 0 unspecified atom stereocenters. The van der Waals surface area contributed by atoms with Gasteiger partial charge in [-0.1, -0.05) is 29.8 Å². The van der Waals surface area contributed by atoms with Gasteiger partial charge in [0.05, 0.1) is 5.69 Å². The number of fused-ring (bicyclic) bond motifs is 1. The number of thioether (sulfide) groups is 1. The van der Waals surface area contributed by atoms with E-state index in [0.29, 0.717) is 11.6 Å². The molecule has 0 bridgehead atoms. The molecule has 0 spiro atoms. The number of nitrogens with zero attached hydrogens (tertiary/aromatic N) is 1. The molecule has 1 heterocycles. The lowest BCUT2D eigenvalue weighted by molar-refractivity contribution is 0.257. The number of urea groups is 1. The van der Waals surface area contributed by atoms with Gasteiger partial charge in [0, 0.05) is 27.9 Å². The summed E-state index contributed by atoms with van der Waals surface area (Å²) in [5, 5.41) is 3.61. The smallest absolute Gasteiger partial charge is 0.307 e. The summed E-state index contributed by atoms with van der Waals surface area (Å²) in [6, 6.07) is 13.4. The Kier molecular flexibility index (Phi) is 4.08. The number of benzene rings is 2. The van der Waals surface area contributed by atoms with Crippen LogP contribution < -0.4 is 10.2 Å². The minimum atomic E-state index is -0.117. The lowest BCUT2D eigenvalue weighted by Crippen LogP contribution is -2.38. The van der Waals surface area contributed by atoms with Gasteiger partial charge in [-0.2, -0.15) is 0 Å². The van der Waals surface area contributed by atoms with Crippen LogP contribution in [0.25, 0.3) is 0 Å². The number of hydrogen-bond donors (Lipinski definition) is 1. The van der Waals surface area contributed by atoms with E-state index < -0.39 is 0 Å². The fraction of sp³-hybridized carbons (Fsp3) is 0.188. The molecule has 3 nitrogen and oxygen atoms in total. The van der Waals surface area contributed by atoms with Crippen molar-refractivity contribution in [2.45, 2.75) is 11.8 Å². The topological polar surface area (TPSA) is 32.3 Å². The van der Waals surface area contributed by atoms with Crippen molar-refractivity contribution in [2.24, 2.45) is 0 Å². The van der Waals surface area contributed by atoms with Gasteiger partial charge < -0.3 is 5.32 Å². The van der Waals surface area contributed by atoms with Crippen LogP contribution in [0.15, 0.2) is 47.4 Å². The second-order valence-electron chi connectivity index (χ2n) is 4.81. The number of halogens is 1. The van der Waals surface area contributed by atoms with E-state index in [1.165, 1.54) is 0 Å². The molecule has 2 amide bonds. The van der Waals surface area contributed by atoms with Crippen molar-refractivity contribution in [1.82, 2.24) is 0 Å². The molecule has 0 aliphatic carbocycles. The summed E-state index contributed by atoms with van der Waals surface area (Å²) in [4.78, 5) is 15.5. The van der Waals surface area contributed by atoms with Crippen molar-refractivity contribution in [1.29, 1.82) is 0 Å². The average molecular weight is 319 g/mol. The van der Waals surface area contributed by atoms with E-state index in [4.69, 9.17) is 11.6 Å². The first-order valence-electron chi connectivity index (χ1n) is 6.72. The van der Waals surface area contributed by atoms with E-state index in [0.717, 1.165) is 27.6 Å². The van der Waals surface area contributed by atoms with Gasteiger partial charge in [-0.05, 0) is 36.8 Å². The SMILES string of the molecule is Cc1c(Cl)cccc1NC(=O)N1CCSc2ccccc21. The number of para-hydroxylation sites is 1. The zero-order valence-electron chi connectivity index (χ0n) is 11.6. The molecule has 108 valence electrons. The molecule has 1 aliphatic heterocycles. The third kappa shape index (κ3) is 2.87. The first-order chi connectivity index (χ1) is 10.2. The van der Waals surface area contributed by atoms with Crippen molar-refractivity contribution in [2.75, 3.05) is 22.5 Å². The maximum absolute atomic E-state index is 12.6. The normalized spacial score (nSPS) is 13.7. The van der Waals surface area contributed by atoms with Crippen LogP contribution in [0.1, 0.15) is 5.56 Å². The quantitative estimate of drug-likeness (QED) is 0.819. The van der Waals surface area contributed by atoms with Gasteiger partial charge in [0.15, 0.2) is 0 Å². The van der Waals surface area contributed by atoms with E-state index >= 15 is 0 Å². The van der Waals surface area contributed by atoms with E-state index in [-0.39, 0.29) is 6.03 Å². The minimum Gasteiger partial charge on any atom is -0.307 e. The van der Waals surface area contributed by atoms with Crippen LogP contribution in [0.4, 0.5) is 16.2 Å². The maximum Gasteiger partial charge on any atom is 0.326 e. The fourth-order valence-electron chi connectivity index (χ4n) is 2.31. The molecule has 1 aliphatic rings. The Morgan fingerprint density at radius 1 is 1.24 bits per heavy atom. The molecule has 3 rings (SSSR count). The van der Waals surface area contributed by atoms with Crippen LogP contribution in [-0.2, 0) is 0 Å². The van der Waals surface area contributed by atoms with Crippen molar-refractivity contribution >= 4 is 40.8 Å². The highest BCUT2D eigenvalue weighted by molar-refractivity contribution is 7.99. The molecule has 0 aromatic heterocycles. The Morgan fingerprint density at radius 2 is 2.05 bits per heavy atom. The molecule has 0 atom stereocenters. The van der Waals surface area contributed by atoms with Gasteiger partial charge in [0.25, 0.3) is 0 Å². The van der Waals surface area contributed by atoms with E-state index in [9.17, 15) is 4.79 Å². The molecule has 5 heteroatoms. The van der Waals surface area contributed by atoms with Crippen LogP contribution in [0.2, 0.25) is 5.02 Å². The van der Waals surface area contributed by atoms with Gasteiger partial charge >= 0.3 is 6.03 Å².